The van der Waals surface area contributed by atoms with E-state index in [2.05, 4.69) is 5.32 Å². The maximum atomic E-state index is 12.9. The van der Waals surface area contributed by atoms with Gasteiger partial charge in [0, 0.05) is 17.2 Å². The van der Waals surface area contributed by atoms with E-state index in [9.17, 15) is 9.90 Å². The largest absolute Gasteiger partial charge is 0.388 e. The van der Waals surface area contributed by atoms with Crippen molar-refractivity contribution in [1.82, 2.24) is 5.32 Å². The number of carbonyl (C=O) groups excluding carboxylic acids is 1. The summed E-state index contributed by atoms with van der Waals surface area (Å²) in [6, 6.07) is 29.1. The molecule has 2 N–H and O–H groups in total. The molecule has 3 aromatic rings. The Morgan fingerprint density at radius 1 is 0.852 bits per heavy atom. The second kappa shape index (κ2) is 9.95. The molecule has 0 unspecified atom stereocenters. The average molecular weight is 378 g/mol. The van der Waals surface area contributed by atoms with Crippen molar-refractivity contribution in [3.05, 3.63) is 102 Å². The molecule has 0 aliphatic carbocycles. The first kappa shape index (κ1) is 19.2. The summed E-state index contributed by atoms with van der Waals surface area (Å²) in [6.45, 7) is 0.452. The van der Waals surface area contributed by atoms with E-state index in [1.807, 2.05) is 91.0 Å². The maximum absolute atomic E-state index is 12.9. The van der Waals surface area contributed by atoms with E-state index < -0.39 is 12.0 Å². The number of aliphatic hydroxyl groups excluding tert-OH is 1. The van der Waals surface area contributed by atoms with Crippen LogP contribution < -0.4 is 5.32 Å². The third-order valence-electron chi connectivity index (χ3n) is 4.34. The molecular formula is C23H23NO2S. The van der Waals surface area contributed by atoms with Gasteiger partial charge in [0.25, 0.3) is 0 Å². The second-order valence-corrected chi connectivity index (χ2v) is 7.38. The summed E-state index contributed by atoms with van der Waals surface area (Å²) in [5.74, 6) is -0.180. The van der Waals surface area contributed by atoms with Gasteiger partial charge in [0.1, 0.15) is 0 Å². The van der Waals surface area contributed by atoms with Gasteiger partial charge in [-0.25, -0.2) is 0 Å². The quantitative estimate of drug-likeness (QED) is 0.571. The van der Waals surface area contributed by atoms with Crippen LogP contribution in [0, 0.1) is 5.92 Å². The second-order valence-electron chi connectivity index (χ2n) is 6.29. The number of carbonyl (C=O) groups is 1. The molecule has 0 aliphatic heterocycles. The molecule has 0 heterocycles. The molecular weight excluding hydrogens is 354 g/mol. The highest BCUT2D eigenvalue weighted by atomic mass is 32.2. The molecule has 4 heteroatoms. The van der Waals surface area contributed by atoms with Crippen molar-refractivity contribution in [1.29, 1.82) is 0 Å². The predicted octanol–water partition coefficient (Wildman–Crippen LogP) is 4.44. The molecule has 3 rings (SSSR count). The van der Waals surface area contributed by atoms with Crippen molar-refractivity contribution in [2.24, 2.45) is 5.92 Å². The normalized spacial score (nSPS) is 12.9. The van der Waals surface area contributed by atoms with Crippen LogP contribution in [0.15, 0.2) is 95.9 Å². The summed E-state index contributed by atoms with van der Waals surface area (Å²) >= 11 is 1.58. The lowest BCUT2D eigenvalue weighted by Crippen LogP contribution is -2.35. The summed E-state index contributed by atoms with van der Waals surface area (Å²) in [5.41, 5.74) is 1.79. The lowest BCUT2D eigenvalue weighted by molar-refractivity contribution is -0.127. The summed E-state index contributed by atoms with van der Waals surface area (Å²) in [6.07, 6.45) is -0.849. The Morgan fingerprint density at radius 2 is 1.41 bits per heavy atom. The zero-order valence-corrected chi connectivity index (χ0v) is 15.8. The van der Waals surface area contributed by atoms with Gasteiger partial charge in [-0.2, -0.15) is 0 Å². The summed E-state index contributed by atoms with van der Waals surface area (Å²) in [5, 5.41) is 13.8. The first-order valence-corrected chi connectivity index (χ1v) is 9.95. The molecule has 138 valence electrons. The van der Waals surface area contributed by atoms with E-state index in [1.165, 1.54) is 0 Å². The molecule has 3 aromatic carbocycles. The third-order valence-corrected chi connectivity index (χ3v) is 5.47. The smallest absolute Gasteiger partial charge is 0.227 e. The van der Waals surface area contributed by atoms with Gasteiger partial charge in [0.05, 0.1) is 12.0 Å². The van der Waals surface area contributed by atoms with Gasteiger partial charge in [-0.1, -0.05) is 78.9 Å². The minimum absolute atomic E-state index is 0.140. The molecule has 2 atom stereocenters. The molecule has 0 aliphatic rings. The Bertz CT molecular complexity index is 825. The monoisotopic (exact) mass is 377 g/mol. The predicted molar refractivity (Wildman–Crippen MR) is 110 cm³/mol. The van der Waals surface area contributed by atoms with E-state index in [4.69, 9.17) is 0 Å². The number of amides is 1. The minimum atomic E-state index is -0.849. The van der Waals surface area contributed by atoms with E-state index in [0.717, 1.165) is 16.0 Å². The zero-order chi connectivity index (χ0) is 18.9. The third kappa shape index (κ3) is 5.71. The number of rotatable bonds is 8. The van der Waals surface area contributed by atoms with Gasteiger partial charge >= 0.3 is 0 Å². The summed E-state index contributed by atoms with van der Waals surface area (Å²) in [4.78, 5) is 14.0. The zero-order valence-electron chi connectivity index (χ0n) is 15.0. The standard InChI is InChI=1S/C23H23NO2S/c25-22(19-12-6-2-7-13-19)21(17-27-20-14-8-3-9-15-20)23(26)24-16-18-10-4-1-5-11-18/h1-15,21-22,25H,16-17H2,(H,24,26)/t21-,22-/m1/s1. The van der Waals surface area contributed by atoms with Crippen molar-refractivity contribution in [3.8, 4) is 0 Å². The van der Waals surface area contributed by atoms with Crippen molar-refractivity contribution in [2.45, 2.75) is 17.5 Å². The van der Waals surface area contributed by atoms with Crippen molar-refractivity contribution in [3.63, 3.8) is 0 Å². The highest BCUT2D eigenvalue weighted by molar-refractivity contribution is 7.99. The maximum Gasteiger partial charge on any atom is 0.227 e. The lowest BCUT2D eigenvalue weighted by Gasteiger charge is -2.22. The molecule has 0 fully saturated rings. The molecule has 0 spiro atoms. The minimum Gasteiger partial charge on any atom is -0.388 e. The molecule has 0 aromatic heterocycles. The van der Waals surface area contributed by atoms with Gasteiger partial charge < -0.3 is 10.4 Å². The highest BCUT2D eigenvalue weighted by Crippen LogP contribution is 2.29. The summed E-state index contributed by atoms with van der Waals surface area (Å²) in [7, 11) is 0. The number of benzene rings is 3. The van der Waals surface area contributed by atoms with Crippen LogP contribution in [0.1, 0.15) is 17.2 Å². The molecule has 0 bridgehead atoms. The fourth-order valence-corrected chi connectivity index (χ4v) is 3.87. The number of aliphatic hydroxyl groups is 1. The molecule has 3 nitrogen and oxygen atoms in total. The van der Waals surface area contributed by atoms with Crippen LogP contribution in [-0.4, -0.2) is 16.8 Å². The van der Waals surface area contributed by atoms with Crippen molar-refractivity contribution < 1.29 is 9.90 Å². The van der Waals surface area contributed by atoms with E-state index in [1.54, 1.807) is 11.8 Å². The number of hydrogen-bond acceptors (Lipinski definition) is 3. The Labute approximate surface area is 164 Å². The van der Waals surface area contributed by atoms with E-state index in [-0.39, 0.29) is 5.91 Å². The fraction of sp³-hybridized carbons (Fsp3) is 0.174. The van der Waals surface area contributed by atoms with Crippen LogP contribution in [0.25, 0.3) is 0 Å². The van der Waals surface area contributed by atoms with Gasteiger partial charge in [0.2, 0.25) is 5.91 Å². The van der Waals surface area contributed by atoms with Crippen LogP contribution in [0.4, 0.5) is 0 Å². The average Bonchev–Trinajstić information content (AvgIpc) is 2.74. The molecule has 0 radical (unpaired) electrons. The van der Waals surface area contributed by atoms with Crippen LogP contribution in [-0.2, 0) is 11.3 Å². The summed E-state index contributed by atoms with van der Waals surface area (Å²) < 4.78 is 0. The number of nitrogens with one attached hydrogen (secondary N) is 1. The first-order chi connectivity index (χ1) is 13.2. The van der Waals surface area contributed by atoms with Gasteiger partial charge in [-0.05, 0) is 23.3 Å². The van der Waals surface area contributed by atoms with Crippen LogP contribution in [0.5, 0.6) is 0 Å². The number of hydrogen-bond donors (Lipinski definition) is 2. The Kier molecular flexibility index (Phi) is 7.08. The Morgan fingerprint density at radius 3 is 2.04 bits per heavy atom. The molecule has 27 heavy (non-hydrogen) atoms. The van der Waals surface area contributed by atoms with Gasteiger partial charge in [-0.15, -0.1) is 11.8 Å². The van der Waals surface area contributed by atoms with Crippen LogP contribution in [0.2, 0.25) is 0 Å². The number of thioether (sulfide) groups is 1. The van der Waals surface area contributed by atoms with Gasteiger partial charge in [0.15, 0.2) is 0 Å². The molecule has 0 saturated heterocycles. The van der Waals surface area contributed by atoms with E-state index in [0.29, 0.717) is 12.3 Å². The fourth-order valence-electron chi connectivity index (χ4n) is 2.81. The SMILES string of the molecule is O=C(NCc1ccccc1)[C@H](CSc1ccccc1)[C@H](O)c1ccccc1. The molecule has 1 amide bonds. The van der Waals surface area contributed by atoms with Crippen molar-refractivity contribution in [2.75, 3.05) is 5.75 Å². The lowest BCUT2D eigenvalue weighted by atomic mass is 9.96. The highest BCUT2D eigenvalue weighted by Gasteiger charge is 2.28. The topological polar surface area (TPSA) is 49.3 Å². The van der Waals surface area contributed by atoms with Crippen LogP contribution in [0.3, 0.4) is 0 Å². The van der Waals surface area contributed by atoms with Crippen molar-refractivity contribution >= 4 is 17.7 Å². The van der Waals surface area contributed by atoms with Gasteiger partial charge in [-0.3, -0.25) is 4.79 Å². The molecule has 0 saturated carbocycles. The first-order valence-electron chi connectivity index (χ1n) is 8.96. The Hall–Kier alpha value is -2.56. The Balaban J connectivity index is 1.70. The van der Waals surface area contributed by atoms with Crippen LogP contribution >= 0.6 is 11.8 Å². The van der Waals surface area contributed by atoms with E-state index >= 15 is 0 Å².